The molecule has 1 nitrogen and oxygen atoms in total. The second-order valence-corrected chi connectivity index (χ2v) is 5.96. The molecule has 2 spiro atoms. The first-order valence-electron chi connectivity index (χ1n) is 5.27. The quantitative estimate of drug-likeness (QED) is 0.578. The van der Waals surface area contributed by atoms with Crippen LogP contribution in [-0.4, -0.2) is 12.7 Å². The SMILES string of the molecule is COC12CC3C[C@]4(C1)C[C@@]4(C3)C2. The van der Waals surface area contributed by atoms with Crippen molar-refractivity contribution in [3.63, 3.8) is 0 Å². The molecule has 66 valence electrons. The van der Waals surface area contributed by atoms with E-state index in [1.165, 1.54) is 19.3 Å². The third-order valence-corrected chi connectivity index (χ3v) is 5.45. The molecule has 0 aliphatic heterocycles. The van der Waals surface area contributed by atoms with E-state index in [0.29, 0.717) is 5.60 Å². The molecule has 0 saturated heterocycles. The molecule has 4 bridgehead atoms. The topological polar surface area (TPSA) is 9.23 Å². The molecule has 0 amide bonds. The maximum Gasteiger partial charge on any atom is 0.0692 e. The van der Waals surface area contributed by atoms with Gasteiger partial charge in [-0.3, -0.25) is 0 Å². The first-order valence-corrected chi connectivity index (χ1v) is 5.27. The van der Waals surface area contributed by atoms with Gasteiger partial charge in [0.15, 0.2) is 0 Å². The molecule has 5 aliphatic rings. The van der Waals surface area contributed by atoms with E-state index in [4.69, 9.17) is 4.74 Å². The van der Waals surface area contributed by atoms with Crippen LogP contribution in [0, 0.1) is 16.7 Å². The van der Waals surface area contributed by atoms with Gasteiger partial charge in [-0.25, -0.2) is 0 Å². The highest BCUT2D eigenvalue weighted by molar-refractivity contribution is 5.31. The zero-order valence-corrected chi connectivity index (χ0v) is 7.73. The summed E-state index contributed by atoms with van der Waals surface area (Å²) in [4.78, 5) is 0. The minimum atomic E-state index is 0.361. The van der Waals surface area contributed by atoms with Crippen LogP contribution in [0.3, 0.4) is 0 Å². The molecule has 5 aliphatic carbocycles. The van der Waals surface area contributed by atoms with Gasteiger partial charge in [-0.1, -0.05) is 0 Å². The van der Waals surface area contributed by atoms with Crippen molar-refractivity contribution in [3.8, 4) is 0 Å². The van der Waals surface area contributed by atoms with E-state index >= 15 is 0 Å². The van der Waals surface area contributed by atoms with Crippen LogP contribution in [0.4, 0.5) is 0 Å². The van der Waals surface area contributed by atoms with Crippen LogP contribution in [0.25, 0.3) is 0 Å². The van der Waals surface area contributed by atoms with Crippen molar-refractivity contribution in [2.24, 2.45) is 16.7 Å². The fraction of sp³-hybridized carbons (Fsp3) is 1.00. The van der Waals surface area contributed by atoms with Crippen molar-refractivity contribution in [3.05, 3.63) is 0 Å². The van der Waals surface area contributed by atoms with Gasteiger partial charge in [0.2, 0.25) is 0 Å². The molecule has 0 heterocycles. The van der Waals surface area contributed by atoms with Gasteiger partial charge >= 0.3 is 0 Å². The summed E-state index contributed by atoms with van der Waals surface area (Å²) >= 11 is 0. The summed E-state index contributed by atoms with van der Waals surface area (Å²) in [7, 11) is 1.93. The molecular weight excluding hydrogens is 148 g/mol. The molecule has 0 radical (unpaired) electrons. The Hall–Kier alpha value is -0.0400. The Morgan fingerprint density at radius 1 is 1.00 bits per heavy atom. The van der Waals surface area contributed by atoms with Gasteiger partial charge in [0.25, 0.3) is 0 Å². The van der Waals surface area contributed by atoms with Gasteiger partial charge in [-0.05, 0) is 55.3 Å². The average Bonchev–Trinajstić information content (AvgIpc) is 2.39. The molecule has 0 aromatic rings. The Morgan fingerprint density at radius 2 is 1.67 bits per heavy atom. The highest BCUT2D eigenvalue weighted by atomic mass is 16.5. The van der Waals surface area contributed by atoms with Crippen LogP contribution in [0.2, 0.25) is 0 Å². The molecule has 0 aromatic carbocycles. The Kier molecular flexibility index (Phi) is 0.744. The summed E-state index contributed by atoms with van der Waals surface area (Å²) in [5.41, 5.74) is 1.98. The minimum Gasteiger partial charge on any atom is -0.378 e. The summed E-state index contributed by atoms with van der Waals surface area (Å²) in [6.45, 7) is 0. The molecular formula is C11H16O. The molecule has 0 N–H and O–H groups in total. The normalized spacial score (nSPS) is 70.2. The smallest absolute Gasteiger partial charge is 0.0692 e. The summed E-state index contributed by atoms with van der Waals surface area (Å²) in [5, 5.41) is 0. The van der Waals surface area contributed by atoms with E-state index in [2.05, 4.69) is 0 Å². The van der Waals surface area contributed by atoms with Gasteiger partial charge in [-0.2, -0.15) is 0 Å². The maximum atomic E-state index is 5.76. The Balaban J connectivity index is 1.85. The summed E-state index contributed by atoms with van der Waals surface area (Å²) in [6, 6.07) is 0. The molecule has 5 fully saturated rings. The summed E-state index contributed by atoms with van der Waals surface area (Å²) in [5.74, 6) is 1.04. The number of rotatable bonds is 1. The number of methoxy groups -OCH3 is 1. The molecule has 4 atom stereocenters. The first kappa shape index (κ1) is 6.42. The Morgan fingerprint density at radius 3 is 2.17 bits per heavy atom. The van der Waals surface area contributed by atoms with Crippen LogP contribution < -0.4 is 0 Å². The third kappa shape index (κ3) is 0.433. The Labute approximate surface area is 73.5 Å². The van der Waals surface area contributed by atoms with Crippen molar-refractivity contribution in [1.82, 2.24) is 0 Å². The highest BCUT2D eigenvalue weighted by Crippen LogP contribution is 2.88. The van der Waals surface area contributed by atoms with E-state index in [9.17, 15) is 0 Å². The third-order valence-electron chi connectivity index (χ3n) is 5.45. The first-order chi connectivity index (χ1) is 5.72. The molecule has 5 saturated carbocycles. The van der Waals surface area contributed by atoms with Gasteiger partial charge < -0.3 is 4.74 Å². The van der Waals surface area contributed by atoms with E-state index in [0.717, 1.165) is 16.7 Å². The summed E-state index contributed by atoms with van der Waals surface area (Å²) < 4.78 is 5.76. The maximum absolute atomic E-state index is 5.76. The number of hydrogen-bond acceptors (Lipinski definition) is 1. The summed E-state index contributed by atoms with van der Waals surface area (Å²) in [6.07, 6.45) is 8.87. The lowest BCUT2D eigenvalue weighted by atomic mass is 9.71. The molecule has 0 aromatic heterocycles. The minimum absolute atomic E-state index is 0.361. The Bertz CT molecular complexity index is 252. The van der Waals surface area contributed by atoms with E-state index in [1.54, 1.807) is 19.3 Å². The number of hydrogen-bond donors (Lipinski definition) is 0. The fourth-order valence-electron chi connectivity index (χ4n) is 5.34. The molecule has 2 unspecified atom stereocenters. The number of ether oxygens (including phenoxy) is 1. The van der Waals surface area contributed by atoms with Crippen molar-refractivity contribution in [2.45, 2.75) is 44.1 Å². The van der Waals surface area contributed by atoms with Crippen molar-refractivity contribution < 1.29 is 4.74 Å². The van der Waals surface area contributed by atoms with Crippen LogP contribution in [-0.2, 0) is 4.74 Å². The van der Waals surface area contributed by atoms with Crippen LogP contribution in [0.15, 0.2) is 0 Å². The van der Waals surface area contributed by atoms with E-state index < -0.39 is 0 Å². The van der Waals surface area contributed by atoms with Crippen LogP contribution in [0.5, 0.6) is 0 Å². The van der Waals surface area contributed by atoms with Crippen LogP contribution in [0.1, 0.15) is 38.5 Å². The lowest BCUT2D eigenvalue weighted by Crippen LogP contribution is -2.39. The van der Waals surface area contributed by atoms with E-state index in [1.807, 2.05) is 7.11 Å². The van der Waals surface area contributed by atoms with Crippen molar-refractivity contribution in [2.75, 3.05) is 7.11 Å². The molecule has 5 rings (SSSR count). The second kappa shape index (κ2) is 1.39. The standard InChI is InChI=1S/C11H16O/c1-12-11-4-8-2-9(6-11)5-10(9,3-8)7-11/h8H,2-7H2,1H3/t8?,9-,10+,11?. The van der Waals surface area contributed by atoms with Gasteiger partial charge in [-0.15, -0.1) is 0 Å². The zero-order chi connectivity index (χ0) is 8.03. The molecule has 12 heavy (non-hydrogen) atoms. The van der Waals surface area contributed by atoms with Crippen molar-refractivity contribution in [1.29, 1.82) is 0 Å². The lowest BCUT2D eigenvalue weighted by Gasteiger charge is -2.42. The fourth-order valence-corrected chi connectivity index (χ4v) is 5.34. The second-order valence-electron chi connectivity index (χ2n) is 5.96. The monoisotopic (exact) mass is 164 g/mol. The lowest BCUT2D eigenvalue weighted by molar-refractivity contribution is -0.0731. The van der Waals surface area contributed by atoms with Gasteiger partial charge in [0.1, 0.15) is 0 Å². The largest absolute Gasteiger partial charge is 0.378 e. The predicted octanol–water partition coefficient (Wildman–Crippen LogP) is 2.36. The van der Waals surface area contributed by atoms with E-state index in [-0.39, 0.29) is 0 Å². The van der Waals surface area contributed by atoms with Gasteiger partial charge in [0.05, 0.1) is 5.60 Å². The average molecular weight is 164 g/mol. The molecule has 1 heteroatoms. The zero-order valence-electron chi connectivity index (χ0n) is 7.73. The van der Waals surface area contributed by atoms with Crippen molar-refractivity contribution >= 4 is 0 Å². The van der Waals surface area contributed by atoms with Gasteiger partial charge in [0, 0.05) is 7.11 Å². The highest BCUT2D eigenvalue weighted by Gasteiger charge is 2.81. The van der Waals surface area contributed by atoms with Crippen LogP contribution >= 0.6 is 0 Å². The predicted molar refractivity (Wildman–Crippen MR) is 45.8 cm³/mol.